The lowest BCUT2D eigenvalue weighted by Gasteiger charge is -1.81. The van der Waals surface area contributed by atoms with E-state index < -0.39 is 0 Å². The number of hydrogen-bond acceptors (Lipinski definition) is 0. The van der Waals surface area contributed by atoms with Gasteiger partial charge >= 0.3 is 0 Å². The van der Waals surface area contributed by atoms with Gasteiger partial charge in [-0.2, -0.15) is 0 Å². The van der Waals surface area contributed by atoms with Crippen LogP contribution < -0.4 is 10.6 Å². The lowest BCUT2D eigenvalue weighted by molar-refractivity contribution is 0.740. The van der Waals surface area contributed by atoms with E-state index in [1.54, 1.807) is 12.3 Å². The van der Waals surface area contributed by atoms with Gasteiger partial charge in [0.05, 0.1) is 0 Å². The third kappa shape index (κ3) is 1.70. The van der Waals surface area contributed by atoms with Crippen molar-refractivity contribution in [3.63, 3.8) is 0 Å². The molecule has 1 heterocycles. The van der Waals surface area contributed by atoms with Crippen molar-refractivity contribution in [1.82, 2.24) is 4.98 Å². The fourth-order valence-electron chi connectivity index (χ4n) is 1.06. The molecule has 0 bridgehead atoms. The van der Waals surface area contributed by atoms with Crippen LogP contribution in [0.5, 0.6) is 0 Å². The normalized spacial score (nSPS) is 15.4. The molecule has 1 N–H and O–H groups in total. The molecule has 0 saturated heterocycles. The van der Waals surface area contributed by atoms with Crippen molar-refractivity contribution in [2.45, 2.75) is 20.3 Å². The van der Waals surface area contributed by atoms with Gasteiger partial charge in [0.1, 0.15) is 5.83 Å². The van der Waals surface area contributed by atoms with Crippen molar-refractivity contribution in [3.8, 4) is 0 Å². The van der Waals surface area contributed by atoms with Gasteiger partial charge in [0.2, 0.25) is 0 Å². The lowest BCUT2D eigenvalue weighted by atomic mass is 10.3. The first-order chi connectivity index (χ1) is 5.25. The van der Waals surface area contributed by atoms with Crippen LogP contribution >= 0.6 is 0 Å². The van der Waals surface area contributed by atoms with Crippen LogP contribution in [0.25, 0.3) is 11.9 Å². The molecular weight excluding hydrogens is 141 g/mol. The van der Waals surface area contributed by atoms with Crippen molar-refractivity contribution < 1.29 is 4.39 Å². The van der Waals surface area contributed by atoms with Gasteiger partial charge in [0.15, 0.2) is 0 Å². The van der Waals surface area contributed by atoms with Gasteiger partial charge in [-0.15, -0.1) is 0 Å². The molecule has 60 valence electrons. The van der Waals surface area contributed by atoms with Crippen molar-refractivity contribution in [1.29, 1.82) is 0 Å². The van der Waals surface area contributed by atoms with Crippen molar-refractivity contribution >= 4 is 11.9 Å². The molecule has 0 unspecified atom stereocenters. The fourth-order valence-corrected chi connectivity index (χ4v) is 1.06. The third-order valence-electron chi connectivity index (χ3n) is 1.56. The van der Waals surface area contributed by atoms with Crippen molar-refractivity contribution in [3.05, 3.63) is 22.8 Å². The molecule has 0 amide bonds. The molecule has 0 aromatic carbocycles. The van der Waals surface area contributed by atoms with Crippen LogP contribution in [0.1, 0.15) is 20.3 Å². The van der Waals surface area contributed by atoms with Crippen molar-refractivity contribution in [2.75, 3.05) is 0 Å². The highest BCUT2D eigenvalue weighted by atomic mass is 19.1. The summed E-state index contributed by atoms with van der Waals surface area (Å²) < 4.78 is 12.7. The Bertz CT molecular complexity index is 331. The molecule has 0 fully saturated rings. The molecule has 0 spiro atoms. The molecule has 0 aliphatic rings. The van der Waals surface area contributed by atoms with Crippen molar-refractivity contribution in [2.24, 2.45) is 0 Å². The largest absolute Gasteiger partial charge is 0.361 e. The number of H-pyrrole nitrogens is 1. The number of halogens is 1. The van der Waals surface area contributed by atoms with E-state index in [4.69, 9.17) is 0 Å². The summed E-state index contributed by atoms with van der Waals surface area (Å²) >= 11 is 0. The monoisotopic (exact) mass is 153 g/mol. The molecule has 1 aromatic heterocycles. The molecule has 11 heavy (non-hydrogen) atoms. The molecule has 0 aliphatic carbocycles. The molecule has 2 heteroatoms. The van der Waals surface area contributed by atoms with Gasteiger partial charge in [-0.3, -0.25) is 0 Å². The highest BCUT2D eigenvalue weighted by Crippen LogP contribution is 1.86. The van der Waals surface area contributed by atoms with Gasteiger partial charge in [-0.25, -0.2) is 4.39 Å². The summed E-state index contributed by atoms with van der Waals surface area (Å²) in [6, 6.07) is 1.75. The Balaban J connectivity index is 3.40. The first-order valence-electron chi connectivity index (χ1n) is 3.75. The number of nitrogens with one attached hydrogen (secondary N) is 1. The summed E-state index contributed by atoms with van der Waals surface area (Å²) in [5.74, 6) is -0.133. The second-order valence-electron chi connectivity index (χ2n) is 2.45. The minimum Gasteiger partial charge on any atom is -0.361 e. The van der Waals surface area contributed by atoms with Gasteiger partial charge in [0.25, 0.3) is 0 Å². The summed E-state index contributed by atoms with van der Waals surface area (Å²) in [6.07, 6.45) is 4.64. The first kappa shape index (κ1) is 8.05. The molecular formula is C9H12FN. The minimum atomic E-state index is -0.133. The zero-order chi connectivity index (χ0) is 8.27. The predicted molar refractivity (Wildman–Crippen MR) is 45.0 cm³/mol. The number of hydrogen-bond donors (Lipinski definition) is 1. The molecule has 1 rings (SSSR count). The molecule has 0 radical (unpaired) electrons. The maximum absolute atomic E-state index is 12.7. The van der Waals surface area contributed by atoms with Gasteiger partial charge in [-0.1, -0.05) is 13.0 Å². The topological polar surface area (TPSA) is 15.8 Å². The Hall–Kier alpha value is -1.05. The molecule has 1 aromatic rings. The Morgan fingerprint density at radius 3 is 3.00 bits per heavy atom. The highest BCUT2D eigenvalue weighted by Gasteiger charge is 1.89. The number of rotatable bonds is 1. The second kappa shape index (κ2) is 3.37. The Kier molecular flexibility index (Phi) is 2.47. The molecule has 1 nitrogen and oxygen atoms in total. The van der Waals surface area contributed by atoms with E-state index in [2.05, 4.69) is 4.98 Å². The fraction of sp³-hybridized carbons (Fsp3) is 0.333. The van der Waals surface area contributed by atoms with Gasteiger partial charge < -0.3 is 4.98 Å². The standard InChI is InChI=1S/C9H12FN/c1-3-4-9-8(7(2)10)5-6-11-9/h4-6,11H,3H2,1-2H3. The summed E-state index contributed by atoms with van der Waals surface area (Å²) in [4.78, 5) is 2.97. The van der Waals surface area contributed by atoms with Crippen LogP contribution in [-0.2, 0) is 0 Å². The van der Waals surface area contributed by atoms with E-state index in [0.29, 0.717) is 5.22 Å². The van der Waals surface area contributed by atoms with Crippen LogP contribution in [0.3, 0.4) is 0 Å². The van der Waals surface area contributed by atoms with Crippen LogP contribution in [0.2, 0.25) is 0 Å². The predicted octanol–water partition coefficient (Wildman–Crippen LogP) is 1.30. The van der Waals surface area contributed by atoms with E-state index in [9.17, 15) is 4.39 Å². The quantitative estimate of drug-likeness (QED) is 0.626. The van der Waals surface area contributed by atoms with E-state index in [0.717, 1.165) is 11.8 Å². The van der Waals surface area contributed by atoms with E-state index in [1.165, 1.54) is 6.92 Å². The van der Waals surface area contributed by atoms with Crippen LogP contribution in [0.15, 0.2) is 12.3 Å². The lowest BCUT2D eigenvalue weighted by Crippen LogP contribution is -2.23. The number of aromatic nitrogens is 1. The Morgan fingerprint density at radius 2 is 2.45 bits per heavy atom. The van der Waals surface area contributed by atoms with Crippen LogP contribution in [0, 0.1) is 0 Å². The van der Waals surface area contributed by atoms with E-state index in [-0.39, 0.29) is 5.83 Å². The Labute approximate surface area is 65.3 Å². The third-order valence-corrected chi connectivity index (χ3v) is 1.56. The highest BCUT2D eigenvalue weighted by molar-refractivity contribution is 5.34. The summed E-state index contributed by atoms with van der Waals surface area (Å²) in [5, 5.41) is 1.55. The molecule has 0 saturated carbocycles. The average Bonchev–Trinajstić information content (AvgIpc) is 2.36. The maximum atomic E-state index is 12.7. The summed E-state index contributed by atoms with van der Waals surface area (Å²) in [6.45, 7) is 3.49. The van der Waals surface area contributed by atoms with Crippen LogP contribution in [-0.4, -0.2) is 4.98 Å². The Morgan fingerprint density at radius 1 is 1.73 bits per heavy atom. The van der Waals surface area contributed by atoms with Gasteiger partial charge in [0, 0.05) is 16.8 Å². The number of aromatic amines is 1. The van der Waals surface area contributed by atoms with E-state index >= 15 is 0 Å². The maximum Gasteiger partial charge on any atom is 0.106 e. The smallest absolute Gasteiger partial charge is 0.106 e. The molecule has 0 aliphatic heterocycles. The summed E-state index contributed by atoms with van der Waals surface area (Å²) in [5.41, 5.74) is 0. The zero-order valence-corrected chi connectivity index (χ0v) is 6.82. The van der Waals surface area contributed by atoms with Gasteiger partial charge in [-0.05, 0) is 19.4 Å². The van der Waals surface area contributed by atoms with E-state index in [1.807, 2.05) is 13.0 Å². The first-order valence-corrected chi connectivity index (χ1v) is 3.75. The van der Waals surface area contributed by atoms with Crippen LogP contribution in [0.4, 0.5) is 4.39 Å². The summed E-state index contributed by atoms with van der Waals surface area (Å²) in [7, 11) is 0. The second-order valence-corrected chi connectivity index (χ2v) is 2.45. The minimum absolute atomic E-state index is 0.133. The zero-order valence-electron chi connectivity index (χ0n) is 6.82. The SMILES string of the molecule is CCC=c1[nH]ccc1=C(C)F. The molecule has 0 atom stereocenters. The average molecular weight is 153 g/mol.